The molecule has 3 nitrogen and oxygen atoms in total. The monoisotopic (exact) mass is 262 g/mol. The van der Waals surface area contributed by atoms with Crippen molar-refractivity contribution in [3.8, 4) is 0 Å². The summed E-state index contributed by atoms with van der Waals surface area (Å²) in [6, 6.07) is 8.64. The molecule has 1 aromatic rings. The Morgan fingerprint density at radius 2 is 2.05 bits per heavy atom. The Morgan fingerprint density at radius 3 is 2.63 bits per heavy atom. The van der Waals surface area contributed by atoms with Crippen molar-refractivity contribution in [3.05, 3.63) is 35.4 Å². The van der Waals surface area contributed by atoms with Gasteiger partial charge in [-0.25, -0.2) is 0 Å². The third-order valence-electron chi connectivity index (χ3n) is 4.20. The molecular weight excluding hydrogens is 236 g/mol. The molecule has 0 saturated heterocycles. The largest absolute Gasteiger partial charge is 0.373 e. The second-order valence-corrected chi connectivity index (χ2v) is 5.57. The molecule has 1 atom stereocenters. The van der Waals surface area contributed by atoms with Crippen LogP contribution in [-0.4, -0.2) is 12.2 Å². The molecule has 1 fully saturated rings. The Hall–Kier alpha value is -0.900. The first-order valence-electron chi connectivity index (χ1n) is 7.38. The van der Waals surface area contributed by atoms with E-state index in [4.69, 9.17) is 10.6 Å². The van der Waals surface area contributed by atoms with Crippen LogP contribution in [0.25, 0.3) is 0 Å². The van der Waals surface area contributed by atoms with E-state index in [1.54, 1.807) is 0 Å². The molecule has 0 aliphatic heterocycles. The second-order valence-electron chi connectivity index (χ2n) is 5.57. The molecule has 2 rings (SSSR count). The summed E-state index contributed by atoms with van der Waals surface area (Å²) in [6.45, 7) is 4.93. The van der Waals surface area contributed by atoms with E-state index in [0.717, 1.165) is 19.4 Å². The Labute approximate surface area is 116 Å². The smallest absolute Gasteiger partial charge is 0.0889 e. The van der Waals surface area contributed by atoms with Gasteiger partial charge in [0.25, 0.3) is 0 Å². The Morgan fingerprint density at radius 1 is 1.32 bits per heavy atom. The SMILES string of the molecule is CCOC1(C(NN)c2cccc(C)c2)CCCCC1. The molecule has 3 N–H and O–H groups in total. The Bertz CT molecular complexity index is 394. The van der Waals surface area contributed by atoms with Crippen molar-refractivity contribution >= 4 is 0 Å². The fraction of sp³-hybridized carbons (Fsp3) is 0.625. The molecule has 0 aromatic heterocycles. The van der Waals surface area contributed by atoms with Crippen molar-refractivity contribution in [3.63, 3.8) is 0 Å². The summed E-state index contributed by atoms with van der Waals surface area (Å²) in [5, 5.41) is 0. The Kier molecular flexibility index (Phi) is 4.97. The van der Waals surface area contributed by atoms with Crippen LogP contribution in [0.3, 0.4) is 0 Å². The maximum Gasteiger partial charge on any atom is 0.0889 e. The zero-order valence-corrected chi connectivity index (χ0v) is 12.1. The normalized spacial score (nSPS) is 20.2. The van der Waals surface area contributed by atoms with Crippen LogP contribution in [0.4, 0.5) is 0 Å². The minimum atomic E-state index is -0.143. The number of aryl methyl sites for hydroxylation is 1. The molecule has 1 aromatic carbocycles. The van der Waals surface area contributed by atoms with Gasteiger partial charge in [0.15, 0.2) is 0 Å². The van der Waals surface area contributed by atoms with Gasteiger partial charge in [0, 0.05) is 6.61 Å². The van der Waals surface area contributed by atoms with Crippen LogP contribution in [0.5, 0.6) is 0 Å². The van der Waals surface area contributed by atoms with E-state index in [0.29, 0.717) is 0 Å². The Balaban J connectivity index is 2.31. The molecule has 1 saturated carbocycles. The van der Waals surface area contributed by atoms with Crippen LogP contribution in [0, 0.1) is 6.92 Å². The van der Waals surface area contributed by atoms with Gasteiger partial charge in [-0.15, -0.1) is 0 Å². The molecule has 19 heavy (non-hydrogen) atoms. The van der Waals surface area contributed by atoms with Crippen molar-refractivity contribution < 1.29 is 4.74 Å². The predicted molar refractivity (Wildman–Crippen MR) is 78.7 cm³/mol. The summed E-state index contributed by atoms with van der Waals surface area (Å²) in [7, 11) is 0. The maximum atomic E-state index is 6.18. The van der Waals surface area contributed by atoms with Gasteiger partial charge in [-0.3, -0.25) is 11.3 Å². The number of ether oxygens (including phenoxy) is 1. The fourth-order valence-electron chi connectivity index (χ4n) is 3.36. The molecule has 0 bridgehead atoms. The molecule has 1 aliphatic carbocycles. The lowest BCUT2D eigenvalue weighted by molar-refractivity contribution is -0.0913. The van der Waals surface area contributed by atoms with E-state index < -0.39 is 0 Å². The zero-order chi connectivity index (χ0) is 13.7. The average molecular weight is 262 g/mol. The van der Waals surface area contributed by atoms with E-state index in [1.165, 1.54) is 30.4 Å². The lowest BCUT2D eigenvalue weighted by atomic mass is 9.76. The van der Waals surface area contributed by atoms with E-state index in [9.17, 15) is 0 Å². The number of nitrogens with one attached hydrogen (secondary N) is 1. The first-order chi connectivity index (χ1) is 9.22. The van der Waals surface area contributed by atoms with Crippen LogP contribution in [-0.2, 0) is 4.74 Å². The van der Waals surface area contributed by atoms with Crippen molar-refractivity contribution in [1.29, 1.82) is 0 Å². The molecule has 0 radical (unpaired) electrons. The van der Waals surface area contributed by atoms with Crippen LogP contribution in [0.1, 0.15) is 56.2 Å². The first kappa shape index (κ1) is 14.5. The topological polar surface area (TPSA) is 47.3 Å². The number of nitrogens with two attached hydrogens (primary N) is 1. The predicted octanol–water partition coefficient (Wildman–Crippen LogP) is 3.24. The van der Waals surface area contributed by atoms with Crippen LogP contribution in [0.15, 0.2) is 24.3 Å². The highest BCUT2D eigenvalue weighted by molar-refractivity contribution is 5.27. The maximum absolute atomic E-state index is 6.18. The fourth-order valence-corrected chi connectivity index (χ4v) is 3.36. The van der Waals surface area contributed by atoms with Gasteiger partial charge < -0.3 is 4.74 Å². The summed E-state index contributed by atoms with van der Waals surface area (Å²) in [5.41, 5.74) is 5.37. The molecule has 3 heteroatoms. The lowest BCUT2D eigenvalue weighted by Crippen LogP contribution is -2.49. The van der Waals surface area contributed by atoms with E-state index in [2.05, 4.69) is 43.5 Å². The van der Waals surface area contributed by atoms with Gasteiger partial charge in [-0.2, -0.15) is 0 Å². The van der Waals surface area contributed by atoms with Gasteiger partial charge >= 0.3 is 0 Å². The van der Waals surface area contributed by atoms with E-state index >= 15 is 0 Å². The molecule has 106 valence electrons. The van der Waals surface area contributed by atoms with Crippen LogP contribution < -0.4 is 11.3 Å². The zero-order valence-electron chi connectivity index (χ0n) is 12.1. The van der Waals surface area contributed by atoms with Gasteiger partial charge in [-0.05, 0) is 32.3 Å². The minimum absolute atomic E-state index is 0.0765. The quantitative estimate of drug-likeness (QED) is 0.632. The summed E-state index contributed by atoms with van der Waals surface area (Å²) in [6.07, 6.45) is 5.93. The van der Waals surface area contributed by atoms with E-state index in [-0.39, 0.29) is 11.6 Å². The van der Waals surface area contributed by atoms with Gasteiger partial charge in [-0.1, -0.05) is 49.1 Å². The van der Waals surface area contributed by atoms with Crippen LogP contribution in [0.2, 0.25) is 0 Å². The average Bonchev–Trinajstić information content (AvgIpc) is 2.41. The highest BCUT2D eigenvalue weighted by Crippen LogP contribution is 2.41. The number of benzene rings is 1. The molecule has 0 amide bonds. The number of hydrogen-bond donors (Lipinski definition) is 2. The summed E-state index contributed by atoms with van der Waals surface area (Å²) >= 11 is 0. The van der Waals surface area contributed by atoms with Gasteiger partial charge in [0.1, 0.15) is 0 Å². The molecule has 1 unspecified atom stereocenters. The van der Waals surface area contributed by atoms with Crippen molar-refractivity contribution in [2.45, 2.75) is 57.6 Å². The lowest BCUT2D eigenvalue weighted by Gasteiger charge is -2.43. The van der Waals surface area contributed by atoms with Crippen LogP contribution >= 0.6 is 0 Å². The first-order valence-corrected chi connectivity index (χ1v) is 7.38. The second kappa shape index (κ2) is 6.51. The third-order valence-corrected chi connectivity index (χ3v) is 4.20. The van der Waals surface area contributed by atoms with Crippen molar-refractivity contribution in [2.75, 3.05) is 6.61 Å². The minimum Gasteiger partial charge on any atom is -0.373 e. The molecular formula is C16H26N2O. The molecule has 0 spiro atoms. The molecule has 0 heterocycles. The number of hydrazine groups is 1. The summed E-state index contributed by atoms with van der Waals surface area (Å²) in [4.78, 5) is 0. The van der Waals surface area contributed by atoms with Gasteiger partial charge in [0.2, 0.25) is 0 Å². The third kappa shape index (κ3) is 3.16. The number of rotatable bonds is 5. The summed E-state index contributed by atoms with van der Waals surface area (Å²) in [5.74, 6) is 5.87. The summed E-state index contributed by atoms with van der Waals surface area (Å²) < 4.78 is 6.18. The van der Waals surface area contributed by atoms with Crippen molar-refractivity contribution in [1.82, 2.24) is 5.43 Å². The highest BCUT2D eigenvalue weighted by atomic mass is 16.5. The van der Waals surface area contributed by atoms with Gasteiger partial charge in [0.05, 0.1) is 11.6 Å². The number of hydrogen-bond acceptors (Lipinski definition) is 3. The van der Waals surface area contributed by atoms with E-state index in [1.807, 2.05) is 0 Å². The highest BCUT2D eigenvalue weighted by Gasteiger charge is 2.41. The standard InChI is InChI=1S/C16H26N2O/c1-3-19-16(10-5-4-6-11-16)15(18-17)14-9-7-8-13(2)12-14/h7-9,12,15,18H,3-6,10-11,17H2,1-2H3. The van der Waals surface area contributed by atoms with Crippen molar-refractivity contribution in [2.24, 2.45) is 5.84 Å². The molecule has 1 aliphatic rings.